The van der Waals surface area contributed by atoms with Crippen molar-refractivity contribution in [1.82, 2.24) is 0 Å². The lowest BCUT2D eigenvalue weighted by Crippen LogP contribution is -2.07. The van der Waals surface area contributed by atoms with Gasteiger partial charge in [0.1, 0.15) is 17.3 Å². The molecule has 0 saturated heterocycles. The Morgan fingerprint density at radius 3 is 2.65 bits per heavy atom. The minimum atomic E-state index is -0.390. The first-order valence-corrected chi connectivity index (χ1v) is 6.47. The summed E-state index contributed by atoms with van der Waals surface area (Å²) in [5.74, 6) is 0.240. The van der Waals surface area contributed by atoms with Crippen molar-refractivity contribution in [3.63, 3.8) is 0 Å². The maximum atomic E-state index is 13.2. The van der Waals surface area contributed by atoms with E-state index in [9.17, 15) is 9.50 Å². The number of anilines is 1. The zero-order chi connectivity index (χ0) is 14.7. The maximum Gasteiger partial charge on any atom is 0.137 e. The third-order valence-electron chi connectivity index (χ3n) is 2.99. The molecule has 0 aliphatic carbocycles. The summed E-state index contributed by atoms with van der Waals surface area (Å²) in [5, 5.41) is 13.4. The number of ether oxygens (including phenoxy) is 1. The number of nitrogens with one attached hydrogen (secondary N) is 1. The SMILES string of the molecule is COc1ccc(NC(C)c2cc(F)ccc2O)cc1Cl. The van der Waals surface area contributed by atoms with Crippen LogP contribution in [0.25, 0.3) is 0 Å². The fourth-order valence-electron chi connectivity index (χ4n) is 1.96. The molecule has 5 heteroatoms. The molecule has 2 aromatic rings. The zero-order valence-corrected chi connectivity index (χ0v) is 11.9. The molecule has 2 aromatic carbocycles. The van der Waals surface area contributed by atoms with Gasteiger partial charge in [-0.2, -0.15) is 0 Å². The lowest BCUT2D eigenvalue weighted by molar-refractivity contribution is 0.415. The molecule has 0 aromatic heterocycles. The normalized spacial score (nSPS) is 12.0. The summed E-state index contributed by atoms with van der Waals surface area (Å²) in [5.41, 5.74) is 1.24. The van der Waals surface area contributed by atoms with Crippen LogP contribution in [-0.4, -0.2) is 12.2 Å². The first-order valence-electron chi connectivity index (χ1n) is 6.09. The van der Waals surface area contributed by atoms with Crippen LogP contribution in [0.1, 0.15) is 18.5 Å². The Hall–Kier alpha value is -1.94. The van der Waals surface area contributed by atoms with Gasteiger partial charge in [0.15, 0.2) is 0 Å². The molecule has 0 amide bonds. The van der Waals surface area contributed by atoms with E-state index >= 15 is 0 Å². The monoisotopic (exact) mass is 295 g/mol. The average molecular weight is 296 g/mol. The van der Waals surface area contributed by atoms with E-state index in [4.69, 9.17) is 16.3 Å². The Labute approximate surface area is 122 Å². The smallest absolute Gasteiger partial charge is 0.137 e. The topological polar surface area (TPSA) is 41.5 Å². The predicted octanol–water partition coefficient (Wildman–Crippen LogP) is 4.37. The molecule has 0 spiro atoms. The molecule has 0 fully saturated rings. The molecule has 2 N–H and O–H groups in total. The summed E-state index contributed by atoms with van der Waals surface area (Å²) in [4.78, 5) is 0. The molecule has 3 nitrogen and oxygen atoms in total. The van der Waals surface area contributed by atoms with Crippen molar-refractivity contribution >= 4 is 17.3 Å². The Bertz CT molecular complexity index is 619. The fraction of sp³-hybridized carbons (Fsp3) is 0.200. The number of hydrogen-bond acceptors (Lipinski definition) is 3. The van der Waals surface area contributed by atoms with E-state index in [0.29, 0.717) is 16.3 Å². The van der Waals surface area contributed by atoms with Gasteiger partial charge < -0.3 is 15.2 Å². The Morgan fingerprint density at radius 1 is 1.25 bits per heavy atom. The Kier molecular flexibility index (Phi) is 4.35. The minimum Gasteiger partial charge on any atom is -0.508 e. The van der Waals surface area contributed by atoms with Gasteiger partial charge in [0.05, 0.1) is 18.2 Å². The molecule has 106 valence electrons. The highest BCUT2D eigenvalue weighted by atomic mass is 35.5. The van der Waals surface area contributed by atoms with E-state index < -0.39 is 0 Å². The average Bonchev–Trinajstić information content (AvgIpc) is 2.41. The van der Waals surface area contributed by atoms with Gasteiger partial charge in [0.2, 0.25) is 0 Å². The van der Waals surface area contributed by atoms with Crippen molar-refractivity contribution < 1.29 is 14.2 Å². The van der Waals surface area contributed by atoms with E-state index in [2.05, 4.69) is 5.32 Å². The summed E-state index contributed by atoms with van der Waals surface area (Å²) < 4.78 is 18.3. The molecule has 2 rings (SSSR count). The van der Waals surface area contributed by atoms with Gasteiger partial charge in [-0.15, -0.1) is 0 Å². The molecule has 0 aliphatic heterocycles. The standard InChI is InChI=1S/C15H15ClFNO2/c1-9(12-7-10(17)3-5-14(12)19)18-11-4-6-15(20-2)13(16)8-11/h3-9,18-19H,1-2H3. The van der Waals surface area contributed by atoms with Crippen LogP contribution in [0.5, 0.6) is 11.5 Å². The second kappa shape index (κ2) is 6.01. The van der Waals surface area contributed by atoms with E-state index in [0.717, 1.165) is 5.69 Å². The highest BCUT2D eigenvalue weighted by Crippen LogP contribution is 2.31. The minimum absolute atomic E-state index is 0.0472. The van der Waals surface area contributed by atoms with Crippen LogP contribution in [0.2, 0.25) is 5.02 Å². The number of methoxy groups -OCH3 is 1. The second-order valence-electron chi connectivity index (χ2n) is 4.42. The lowest BCUT2D eigenvalue weighted by Gasteiger charge is -2.17. The Morgan fingerprint density at radius 2 is 2.00 bits per heavy atom. The van der Waals surface area contributed by atoms with Gasteiger partial charge in [-0.05, 0) is 43.3 Å². The number of phenols is 1. The van der Waals surface area contributed by atoms with Gasteiger partial charge in [0.25, 0.3) is 0 Å². The first-order chi connectivity index (χ1) is 9.51. The summed E-state index contributed by atoms with van der Waals surface area (Å²) in [7, 11) is 1.54. The number of benzene rings is 2. The second-order valence-corrected chi connectivity index (χ2v) is 4.83. The molecular weight excluding hydrogens is 281 g/mol. The van der Waals surface area contributed by atoms with Gasteiger partial charge in [-0.3, -0.25) is 0 Å². The highest BCUT2D eigenvalue weighted by molar-refractivity contribution is 6.32. The van der Waals surface area contributed by atoms with Gasteiger partial charge in [-0.25, -0.2) is 4.39 Å². The van der Waals surface area contributed by atoms with Crippen LogP contribution in [0, 0.1) is 5.82 Å². The molecule has 0 saturated carbocycles. The number of rotatable bonds is 4. The van der Waals surface area contributed by atoms with Crippen molar-refractivity contribution in [2.75, 3.05) is 12.4 Å². The number of phenolic OH excluding ortho intramolecular Hbond substituents is 1. The molecule has 0 radical (unpaired) electrons. The summed E-state index contributed by atoms with van der Waals surface area (Å²) in [6.45, 7) is 1.83. The molecule has 1 unspecified atom stereocenters. The van der Waals surface area contributed by atoms with Crippen LogP contribution in [-0.2, 0) is 0 Å². The molecule has 0 heterocycles. The fourth-order valence-corrected chi connectivity index (χ4v) is 2.21. The molecular formula is C15H15ClFNO2. The molecule has 0 bridgehead atoms. The lowest BCUT2D eigenvalue weighted by atomic mass is 10.1. The van der Waals surface area contributed by atoms with Gasteiger partial charge in [-0.1, -0.05) is 11.6 Å². The molecule has 20 heavy (non-hydrogen) atoms. The number of aromatic hydroxyl groups is 1. The van der Waals surface area contributed by atoms with Crippen LogP contribution in [0.4, 0.5) is 10.1 Å². The largest absolute Gasteiger partial charge is 0.508 e. The summed E-state index contributed by atoms with van der Waals surface area (Å²) in [6.07, 6.45) is 0. The summed E-state index contributed by atoms with van der Waals surface area (Å²) in [6, 6.07) is 8.85. The number of halogens is 2. The first kappa shape index (κ1) is 14.5. The number of hydrogen-bond donors (Lipinski definition) is 2. The van der Waals surface area contributed by atoms with Crippen molar-refractivity contribution in [2.24, 2.45) is 0 Å². The van der Waals surface area contributed by atoms with Crippen molar-refractivity contribution in [3.8, 4) is 11.5 Å². The van der Waals surface area contributed by atoms with Crippen LogP contribution in [0.3, 0.4) is 0 Å². The van der Waals surface area contributed by atoms with Crippen molar-refractivity contribution in [3.05, 3.63) is 52.8 Å². The highest BCUT2D eigenvalue weighted by Gasteiger charge is 2.12. The maximum absolute atomic E-state index is 13.2. The van der Waals surface area contributed by atoms with Crippen LogP contribution < -0.4 is 10.1 Å². The third-order valence-corrected chi connectivity index (χ3v) is 3.29. The quantitative estimate of drug-likeness (QED) is 0.880. The van der Waals surface area contributed by atoms with Crippen LogP contribution in [0.15, 0.2) is 36.4 Å². The van der Waals surface area contributed by atoms with Crippen LogP contribution >= 0.6 is 11.6 Å². The third kappa shape index (κ3) is 3.14. The van der Waals surface area contributed by atoms with Gasteiger partial charge >= 0.3 is 0 Å². The van der Waals surface area contributed by atoms with Crippen molar-refractivity contribution in [2.45, 2.75) is 13.0 Å². The predicted molar refractivity (Wildman–Crippen MR) is 78.1 cm³/mol. The zero-order valence-electron chi connectivity index (χ0n) is 11.2. The van der Waals surface area contributed by atoms with E-state index in [1.54, 1.807) is 25.3 Å². The Balaban J connectivity index is 2.21. The molecule has 1 atom stereocenters. The summed E-state index contributed by atoms with van der Waals surface area (Å²) >= 11 is 6.04. The van der Waals surface area contributed by atoms with E-state index in [-0.39, 0.29) is 17.6 Å². The molecule has 0 aliphatic rings. The van der Waals surface area contributed by atoms with E-state index in [1.165, 1.54) is 18.2 Å². The van der Waals surface area contributed by atoms with E-state index in [1.807, 2.05) is 6.92 Å². The van der Waals surface area contributed by atoms with Crippen molar-refractivity contribution in [1.29, 1.82) is 0 Å². The van der Waals surface area contributed by atoms with Gasteiger partial charge in [0, 0.05) is 11.3 Å².